The summed E-state index contributed by atoms with van der Waals surface area (Å²) in [6, 6.07) is 3.04. The minimum atomic E-state index is -0.606. The third-order valence-corrected chi connectivity index (χ3v) is 3.39. The van der Waals surface area contributed by atoms with Gasteiger partial charge in [0.15, 0.2) is 11.5 Å². The molecule has 1 aromatic heterocycles. The molecule has 0 aliphatic carbocycles. The first-order valence-electron chi connectivity index (χ1n) is 7.33. The first-order chi connectivity index (χ1) is 11.5. The Hall–Kier alpha value is -2.47. The van der Waals surface area contributed by atoms with Gasteiger partial charge in [0.1, 0.15) is 5.58 Å². The highest BCUT2D eigenvalue weighted by Gasteiger charge is 2.17. The minimum Gasteiger partial charge on any atom is -0.492 e. The van der Waals surface area contributed by atoms with Crippen molar-refractivity contribution in [1.82, 2.24) is 0 Å². The van der Waals surface area contributed by atoms with Crippen LogP contribution in [-0.2, 0) is 9.53 Å². The summed E-state index contributed by atoms with van der Waals surface area (Å²) in [6.45, 7) is 4.16. The summed E-state index contributed by atoms with van der Waals surface area (Å²) in [4.78, 5) is 23.4. The Balaban J connectivity index is 2.60. The lowest BCUT2D eigenvalue weighted by atomic mass is 10.1. The van der Waals surface area contributed by atoms with E-state index in [4.69, 9.17) is 30.2 Å². The van der Waals surface area contributed by atoms with Gasteiger partial charge in [-0.3, -0.25) is 0 Å². The highest BCUT2D eigenvalue weighted by Crippen LogP contribution is 2.41. The number of fused-ring (bicyclic) bond motifs is 1. The summed E-state index contributed by atoms with van der Waals surface area (Å²) in [6.07, 6.45) is 2.49. The molecule has 0 fully saturated rings. The molecule has 0 atom stereocenters. The highest BCUT2D eigenvalue weighted by molar-refractivity contribution is 6.33. The van der Waals surface area contributed by atoms with Crippen molar-refractivity contribution in [2.45, 2.75) is 13.8 Å². The monoisotopic (exact) mass is 352 g/mol. The Morgan fingerprint density at radius 3 is 2.62 bits per heavy atom. The number of benzene rings is 1. The molecule has 0 radical (unpaired) electrons. The second kappa shape index (κ2) is 7.88. The molecule has 6 nitrogen and oxygen atoms in total. The molecule has 0 saturated heterocycles. The van der Waals surface area contributed by atoms with Gasteiger partial charge in [0.2, 0.25) is 0 Å². The largest absolute Gasteiger partial charge is 0.492 e. The zero-order valence-electron chi connectivity index (χ0n) is 13.6. The number of hydrogen-bond donors (Lipinski definition) is 0. The molecule has 1 heterocycles. The van der Waals surface area contributed by atoms with E-state index < -0.39 is 11.6 Å². The lowest BCUT2D eigenvalue weighted by Crippen LogP contribution is -2.05. The van der Waals surface area contributed by atoms with Crippen molar-refractivity contribution in [3.05, 3.63) is 39.2 Å². The maximum absolute atomic E-state index is 12.0. The smallest absolute Gasteiger partial charge is 0.343 e. The number of hydrogen-bond acceptors (Lipinski definition) is 6. The van der Waals surface area contributed by atoms with Crippen LogP contribution in [0, 0.1) is 0 Å². The van der Waals surface area contributed by atoms with Crippen molar-refractivity contribution in [1.29, 1.82) is 0 Å². The van der Waals surface area contributed by atoms with E-state index in [1.165, 1.54) is 19.3 Å². The van der Waals surface area contributed by atoms with Gasteiger partial charge in [-0.05, 0) is 26.0 Å². The molecule has 0 unspecified atom stereocenters. The summed E-state index contributed by atoms with van der Waals surface area (Å²) in [5.74, 6) is 0.173. The topological polar surface area (TPSA) is 75.0 Å². The molecule has 0 saturated carbocycles. The second-order valence-corrected chi connectivity index (χ2v) is 5.05. The average molecular weight is 353 g/mol. The fourth-order valence-corrected chi connectivity index (χ4v) is 2.38. The van der Waals surface area contributed by atoms with Crippen LogP contribution in [-0.4, -0.2) is 26.3 Å². The van der Waals surface area contributed by atoms with Crippen molar-refractivity contribution >= 4 is 34.6 Å². The summed E-state index contributed by atoms with van der Waals surface area (Å²) < 4.78 is 20.9. The van der Waals surface area contributed by atoms with Crippen LogP contribution in [0.1, 0.15) is 19.4 Å². The number of esters is 1. The Morgan fingerprint density at radius 1 is 1.25 bits per heavy atom. The third-order valence-electron chi connectivity index (χ3n) is 3.11. The zero-order chi connectivity index (χ0) is 17.7. The van der Waals surface area contributed by atoms with Gasteiger partial charge in [-0.1, -0.05) is 11.6 Å². The van der Waals surface area contributed by atoms with E-state index in [9.17, 15) is 9.59 Å². The lowest BCUT2D eigenvalue weighted by molar-refractivity contribution is -0.137. The molecule has 7 heteroatoms. The Morgan fingerprint density at radius 2 is 2.00 bits per heavy atom. The van der Waals surface area contributed by atoms with Gasteiger partial charge in [0, 0.05) is 12.1 Å². The third kappa shape index (κ3) is 3.71. The van der Waals surface area contributed by atoms with E-state index in [2.05, 4.69) is 0 Å². The van der Waals surface area contributed by atoms with Crippen LogP contribution >= 0.6 is 11.6 Å². The molecule has 1 aromatic carbocycles. The number of carbonyl (C=O) groups is 1. The van der Waals surface area contributed by atoms with Gasteiger partial charge in [-0.2, -0.15) is 0 Å². The molecule has 24 heavy (non-hydrogen) atoms. The molecule has 2 rings (SSSR count). The molecule has 2 aromatic rings. The fraction of sp³-hybridized carbons (Fsp3) is 0.294. The van der Waals surface area contributed by atoms with Crippen LogP contribution in [0.3, 0.4) is 0 Å². The minimum absolute atomic E-state index is 0.179. The Labute approximate surface area is 143 Å². The fourth-order valence-electron chi connectivity index (χ4n) is 2.14. The lowest BCUT2D eigenvalue weighted by Gasteiger charge is -2.13. The molecule has 0 amide bonds. The number of rotatable bonds is 6. The van der Waals surface area contributed by atoms with Crippen molar-refractivity contribution in [3.63, 3.8) is 0 Å². The molecule has 0 bridgehead atoms. The van der Waals surface area contributed by atoms with Crippen molar-refractivity contribution in [2.24, 2.45) is 0 Å². The van der Waals surface area contributed by atoms with E-state index in [1.54, 1.807) is 13.0 Å². The number of halogens is 1. The van der Waals surface area contributed by atoms with E-state index in [-0.39, 0.29) is 22.8 Å². The van der Waals surface area contributed by atoms with Crippen molar-refractivity contribution < 1.29 is 23.4 Å². The van der Waals surface area contributed by atoms with Gasteiger partial charge in [0.05, 0.1) is 36.3 Å². The van der Waals surface area contributed by atoms with Crippen molar-refractivity contribution in [2.75, 3.05) is 20.3 Å². The number of carbonyl (C=O) groups excluding carboxylic acids is 1. The highest BCUT2D eigenvalue weighted by atomic mass is 35.5. The SMILES string of the molecule is CCOC(=O)/C=C/c1cc2c(OC)c(OCC)c(Cl)cc2oc1=O. The first kappa shape index (κ1) is 17.9. The Bertz CT molecular complexity index is 837. The summed E-state index contributed by atoms with van der Waals surface area (Å²) >= 11 is 6.15. The molecule has 0 aliphatic heterocycles. The predicted octanol–water partition coefficient (Wildman–Crippen LogP) is 3.43. The van der Waals surface area contributed by atoms with Crippen LogP contribution in [0.2, 0.25) is 5.02 Å². The van der Waals surface area contributed by atoms with Gasteiger partial charge in [-0.15, -0.1) is 0 Å². The van der Waals surface area contributed by atoms with Gasteiger partial charge >= 0.3 is 11.6 Å². The standard InChI is InChI=1S/C17H17ClO6/c1-4-22-14(19)7-6-10-8-11-13(24-17(10)20)9-12(18)16(23-5-2)15(11)21-3/h6-9H,4-5H2,1-3H3/b7-6+. The van der Waals surface area contributed by atoms with Crippen LogP contribution in [0.5, 0.6) is 11.5 Å². The van der Waals surface area contributed by atoms with Crippen LogP contribution in [0.15, 0.2) is 27.4 Å². The molecule has 0 aliphatic rings. The van der Waals surface area contributed by atoms with Crippen LogP contribution in [0.4, 0.5) is 0 Å². The molecule has 0 N–H and O–H groups in total. The summed E-state index contributed by atoms with van der Waals surface area (Å²) in [7, 11) is 1.47. The predicted molar refractivity (Wildman–Crippen MR) is 90.9 cm³/mol. The Kier molecular flexibility index (Phi) is 5.87. The normalized spacial score (nSPS) is 11.0. The van der Waals surface area contributed by atoms with Gasteiger partial charge in [0.25, 0.3) is 0 Å². The molecule has 0 spiro atoms. The van der Waals surface area contributed by atoms with Gasteiger partial charge < -0.3 is 18.6 Å². The van der Waals surface area contributed by atoms with Crippen LogP contribution < -0.4 is 15.1 Å². The van der Waals surface area contributed by atoms with E-state index in [1.807, 2.05) is 6.92 Å². The maximum atomic E-state index is 12.0. The van der Waals surface area contributed by atoms with E-state index >= 15 is 0 Å². The molecular formula is C17H17ClO6. The van der Waals surface area contributed by atoms with Gasteiger partial charge in [-0.25, -0.2) is 9.59 Å². The molecular weight excluding hydrogens is 336 g/mol. The average Bonchev–Trinajstić information content (AvgIpc) is 2.54. The first-order valence-corrected chi connectivity index (χ1v) is 7.71. The van der Waals surface area contributed by atoms with E-state index in [0.29, 0.717) is 23.5 Å². The second-order valence-electron chi connectivity index (χ2n) is 4.64. The summed E-state index contributed by atoms with van der Waals surface area (Å²) in [5.41, 5.74) is -0.164. The molecule has 128 valence electrons. The maximum Gasteiger partial charge on any atom is 0.343 e. The number of ether oxygens (including phenoxy) is 3. The zero-order valence-corrected chi connectivity index (χ0v) is 14.3. The number of methoxy groups -OCH3 is 1. The quantitative estimate of drug-likeness (QED) is 0.450. The van der Waals surface area contributed by atoms with Crippen LogP contribution in [0.25, 0.3) is 17.0 Å². The van der Waals surface area contributed by atoms with E-state index in [0.717, 1.165) is 6.08 Å². The van der Waals surface area contributed by atoms with Crippen molar-refractivity contribution in [3.8, 4) is 11.5 Å². The summed E-state index contributed by atoms with van der Waals surface area (Å²) in [5, 5.41) is 0.785.